The van der Waals surface area contributed by atoms with Crippen molar-refractivity contribution in [1.29, 1.82) is 0 Å². The van der Waals surface area contributed by atoms with Crippen LogP contribution in [-0.2, 0) is 4.79 Å². The molecule has 1 aliphatic rings. The Hall–Kier alpha value is -2.63. The number of hydrogen-bond acceptors (Lipinski definition) is 3. The van der Waals surface area contributed by atoms with Crippen LogP contribution in [0.15, 0.2) is 40.8 Å². The third kappa shape index (κ3) is 3.11. The van der Waals surface area contributed by atoms with Crippen LogP contribution in [0.4, 0.5) is 4.39 Å². The van der Waals surface area contributed by atoms with E-state index < -0.39 is 11.8 Å². The van der Waals surface area contributed by atoms with Crippen molar-refractivity contribution in [3.05, 3.63) is 48.0 Å². The Morgan fingerprint density at radius 2 is 2.04 bits per heavy atom. The number of carbonyl (C=O) groups is 2. The lowest BCUT2D eigenvalue weighted by Gasteiger charge is -2.22. The predicted molar refractivity (Wildman–Crippen MR) is 80.4 cm³/mol. The molecule has 1 aromatic carbocycles. The normalized spacial score (nSPS) is 17.4. The highest BCUT2D eigenvalue weighted by Gasteiger charge is 2.32. The molecule has 0 saturated carbocycles. The highest BCUT2D eigenvalue weighted by molar-refractivity contribution is 5.92. The van der Waals surface area contributed by atoms with Crippen LogP contribution in [0.3, 0.4) is 0 Å². The molecule has 1 saturated heterocycles. The van der Waals surface area contributed by atoms with Gasteiger partial charge in [-0.1, -0.05) is 12.1 Å². The molecule has 0 radical (unpaired) electrons. The minimum Gasteiger partial charge on any atom is -0.481 e. The summed E-state index contributed by atoms with van der Waals surface area (Å²) in [7, 11) is 0. The second kappa shape index (κ2) is 6.24. The number of aliphatic carboxylic acids is 1. The van der Waals surface area contributed by atoms with E-state index in [1.165, 1.54) is 17.0 Å². The number of rotatable bonds is 4. The fraction of sp³-hybridized carbons (Fsp3) is 0.294. The summed E-state index contributed by atoms with van der Waals surface area (Å²) in [6.07, 6.45) is 1.36. The van der Waals surface area contributed by atoms with Crippen molar-refractivity contribution < 1.29 is 23.5 Å². The Labute approximate surface area is 132 Å². The Bertz CT molecular complexity index is 740. The van der Waals surface area contributed by atoms with Gasteiger partial charge in [-0.2, -0.15) is 0 Å². The summed E-state index contributed by atoms with van der Waals surface area (Å²) in [5, 5.41) is 8.92. The lowest BCUT2D eigenvalue weighted by Crippen LogP contribution is -2.36. The fourth-order valence-corrected chi connectivity index (χ4v) is 2.92. The summed E-state index contributed by atoms with van der Waals surface area (Å²) in [5.41, 5.74) is 0.287. The molecule has 0 aliphatic carbocycles. The molecule has 1 N–H and O–H groups in total. The molecule has 0 bridgehead atoms. The van der Waals surface area contributed by atoms with Crippen molar-refractivity contribution in [3.63, 3.8) is 0 Å². The molecule has 1 fully saturated rings. The van der Waals surface area contributed by atoms with Crippen molar-refractivity contribution in [2.24, 2.45) is 0 Å². The zero-order valence-electron chi connectivity index (χ0n) is 12.4. The topological polar surface area (TPSA) is 70.8 Å². The van der Waals surface area contributed by atoms with Gasteiger partial charge in [-0.05, 0) is 37.1 Å². The maximum absolute atomic E-state index is 13.8. The molecule has 1 aromatic heterocycles. The summed E-state index contributed by atoms with van der Waals surface area (Å²) >= 11 is 0. The Morgan fingerprint density at radius 3 is 2.78 bits per heavy atom. The SMILES string of the molecule is O=C(O)CC1CCCN1C(=O)c1ccc(-c2ccccc2F)o1. The van der Waals surface area contributed by atoms with Crippen LogP contribution >= 0.6 is 0 Å². The summed E-state index contributed by atoms with van der Waals surface area (Å²) in [6, 6.07) is 8.89. The average Bonchev–Trinajstić information content (AvgIpc) is 3.16. The van der Waals surface area contributed by atoms with Gasteiger partial charge in [0.25, 0.3) is 5.91 Å². The Balaban J connectivity index is 1.81. The third-order valence-electron chi connectivity index (χ3n) is 4.00. The second-order valence-corrected chi connectivity index (χ2v) is 5.54. The highest BCUT2D eigenvalue weighted by atomic mass is 19.1. The van der Waals surface area contributed by atoms with Gasteiger partial charge in [0.15, 0.2) is 5.76 Å². The van der Waals surface area contributed by atoms with Gasteiger partial charge in [-0.25, -0.2) is 4.39 Å². The summed E-state index contributed by atoms with van der Waals surface area (Å²) in [6.45, 7) is 0.506. The van der Waals surface area contributed by atoms with Gasteiger partial charge in [-0.3, -0.25) is 9.59 Å². The Morgan fingerprint density at radius 1 is 1.26 bits per heavy atom. The number of amides is 1. The van der Waals surface area contributed by atoms with Gasteiger partial charge >= 0.3 is 5.97 Å². The number of furan rings is 1. The van der Waals surface area contributed by atoms with E-state index in [0.717, 1.165) is 6.42 Å². The van der Waals surface area contributed by atoms with Crippen LogP contribution < -0.4 is 0 Å². The first-order valence-electron chi connectivity index (χ1n) is 7.44. The van der Waals surface area contributed by atoms with Crippen LogP contribution in [0.5, 0.6) is 0 Å². The summed E-state index contributed by atoms with van der Waals surface area (Å²) < 4.78 is 19.3. The molecular weight excluding hydrogens is 301 g/mol. The summed E-state index contributed by atoms with van der Waals surface area (Å²) in [5.74, 6) is -1.33. The van der Waals surface area contributed by atoms with Gasteiger partial charge in [-0.15, -0.1) is 0 Å². The van der Waals surface area contributed by atoms with Gasteiger partial charge in [0.1, 0.15) is 11.6 Å². The molecule has 2 aromatic rings. The van der Waals surface area contributed by atoms with E-state index in [1.807, 2.05) is 0 Å². The first-order chi connectivity index (χ1) is 11.1. The predicted octanol–water partition coefficient (Wildman–Crippen LogP) is 3.17. The van der Waals surface area contributed by atoms with Crippen LogP contribution in [0.1, 0.15) is 29.8 Å². The standard InChI is InChI=1S/C17H16FNO4/c18-13-6-2-1-5-12(13)14-7-8-15(23-14)17(22)19-9-3-4-11(19)10-16(20)21/h1-2,5-8,11H,3-4,9-10H2,(H,20,21). The average molecular weight is 317 g/mol. The maximum atomic E-state index is 13.8. The molecule has 1 atom stereocenters. The quantitative estimate of drug-likeness (QED) is 0.940. The van der Waals surface area contributed by atoms with Crippen LogP contribution in [0.2, 0.25) is 0 Å². The number of hydrogen-bond donors (Lipinski definition) is 1. The van der Waals surface area contributed by atoms with Crippen LogP contribution in [-0.4, -0.2) is 34.5 Å². The zero-order valence-corrected chi connectivity index (χ0v) is 12.4. The monoisotopic (exact) mass is 317 g/mol. The van der Waals surface area contributed by atoms with E-state index >= 15 is 0 Å². The van der Waals surface area contributed by atoms with E-state index in [9.17, 15) is 14.0 Å². The van der Waals surface area contributed by atoms with Crippen molar-refractivity contribution in [3.8, 4) is 11.3 Å². The minimum absolute atomic E-state index is 0.0768. The van der Waals surface area contributed by atoms with Crippen molar-refractivity contribution in [1.82, 2.24) is 4.90 Å². The number of carboxylic acid groups (broad SMARTS) is 1. The zero-order chi connectivity index (χ0) is 16.4. The second-order valence-electron chi connectivity index (χ2n) is 5.54. The Kier molecular flexibility index (Phi) is 4.14. The van der Waals surface area contributed by atoms with Gasteiger partial charge < -0.3 is 14.4 Å². The molecule has 2 heterocycles. The third-order valence-corrected chi connectivity index (χ3v) is 4.00. The largest absolute Gasteiger partial charge is 0.481 e. The van der Waals surface area contributed by atoms with E-state index in [4.69, 9.17) is 9.52 Å². The van der Waals surface area contributed by atoms with E-state index in [2.05, 4.69) is 0 Å². The maximum Gasteiger partial charge on any atom is 0.305 e. The van der Waals surface area contributed by atoms with Gasteiger partial charge in [0, 0.05) is 12.6 Å². The smallest absolute Gasteiger partial charge is 0.305 e. The van der Waals surface area contributed by atoms with Crippen LogP contribution in [0, 0.1) is 5.82 Å². The molecule has 6 heteroatoms. The number of carboxylic acids is 1. The lowest BCUT2D eigenvalue weighted by atomic mass is 10.1. The van der Waals surface area contributed by atoms with E-state index in [1.54, 1.807) is 24.3 Å². The van der Waals surface area contributed by atoms with Crippen molar-refractivity contribution >= 4 is 11.9 Å². The summed E-state index contributed by atoms with van der Waals surface area (Å²) in [4.78, 5) is 24.9. The number of halogens is 1. The van der Waals surface area contributed by atoms with Gasteiger partial charge in [0.2, 0.25) is 0 Å². The first kappa shape index (κ1) is 15.3. The molecule has 0 spiro atoms. The van der Waals surface area contributed by atoms with Crippen molar-refractivity contribution in [2.45, 2.75) is 25.3 Å². The van der Waals surface area contributed by atoms with Gasteiger partial charge in [0.05, 0.1) is 12.0 Å². The van der Waals surface area contributed by atoms with E-state index in [-0.39, 0.29) is 35.5 Å². The minimum atomic E-state index is -0.929. The molecule has 1 unspecified atom stereocenters. The number of carbonyl (C=O) groups excluding carboxylic acids is 1. The molecule has 1 amide bonds. The highest BCUT2D eigenvalue weighted by Crippen LogP contribution is 2.27. The molecule has 5 nitrogen and oxygen atoms in total. The molecule has 1 aliphatic heterocycles. The molecule has 23 heavy (non-hydrogen) atoms. The number of likely N-dealkylation sites (tertiary alicyclic amines) is 1. The fourth-order valence-electron chi connectivity index (χ4n) is 2.92. The molecular formula is C17H16FNO4. The lowest BCUT2D eigenvalue weighted by molar-refractivity contribution is -0.137. The van der Waals surface area contributed by atoms with Crippen LogP contribution in [0.25, 0.3) is 11.3 Å². The number of benzene rings is 1. The number of nitrogens with zero attached hydrogens (tertiary/aromatic N) is 1. The molecule has 120 valence electrons. The van der Waals surface area contributed by atoms with E-state index in [0.29, 0.717) is 13.0 Å². The molecule has 3 rings (SSSR count). The first-order valence-corrected chi connectivity index (χ1v) is 7.44. The van der Waals surface area contributed by atoms with Crippen molar-refractivity contribution in [2.75, 3.05) is 6.54 Å².